The summed E-state index contributed by atoms with van der Waals surface area (Å²) in [6.07, 6.45) is 0.996. The van der Waals surface area contributed by atoms with E-state index in [1.54, 1.807) is 12.1 Å². The van der Waals surface area contributed by atoms with Crippen molar-refractivity contribution in [3.63, 3.8) is 0 Å². The van der Waals surface area contributed by atoms with Crippen LogP contribution in [-0.2, 0) is 33.9 Å². The van der Waals surface area contributed by atoms with Crippen LogP contribution in [0.15, 0.2) is 48.5 Å². The fraction of sp³-hybridized carbons (Fsp3) is 0.304. The smallest absolute Gasteiger partial charge is 0.255 e. The van der Waals surface area contributed by atoms with Gasteiger partial charge in [0.15, 0.2) is 0 Å². The minimum absolute atomic E-state index is 0.218. The molecule has 2 aliphatic rings. The van der Waals surface area contributed by atoms with E-state index in [4.69, 9.17) is 5.73 Å². The van der Waals surface area contributed by atoms with Gasteiger partial charge < -0.3 is 16.0 Å². The summed E-state index contributed by atoms with van der Waals surface area (Å²) in [5, 5.41) is 5.14. The predicted molar refractivity (Wildman–Crippen MR) is 112 cm³/mol. The molecular formula is C23H24N4O4. The molecule has 0 spiro atoms. The Hall–Kier alpha value is -3.52. The molecule has 2 aliphatic heterocycles. The lowest BCUT2D eigenvalue weighted by Crippen LogP contribution is -2.52. The maximum Gasteiger partial charge on any atom is 0.255 e. The molecule has 1 unspecified atom stereocenters. The van der Waals surface area contributed by atoms with Crippen molar-refractivity contribution < 1.29 is 19.2 Å². The number of nitrogens with two attached hydrogens (primary N) is 1. The number of nitrogens with one attached hydrogen (secondary N) is 2. The predicted octanol–water partition coefficient (Wildman–Crippen LogP) is 0.634. The van der Waals surface area contributed by atoms with Crippen LogP contribution in [0.2, 0.25) is 0 Å². The minimum Gasteiger partial charge on any atom is -0.351 e. The fourth-order valence-electron chi connectivity index (χ4n) is 4.02. The summed E-state index contributed by atoms with van der Waals surface area (Å²) in [5.41, 5.74) is 9.20. The number of hydrogen-bond donors (Lipinski definition) is 3. The van der Waals surface area contributed by atoms with Crippen molar-refractivity contribution in [2.45, 2.75) is 44.4 Å². The number of piperidine rings is 1. The molecule has 0 aliphatic carbocycles. The Morgan fingerprint density at radius 2 is 1.90 bits per heavy atom. The number of rotatable bonds is 6. The van der Waals surface area contributed by atoms with Gasteiger partial charge in [0.1, 0.15) is 6.04 Å². The normalized spacial score (nSPS) is 19.1. The standard InChI is InChI=1S/C23H24N4O4/c24-18(11-14-4-2-1-3-5-14)21(29)25-12-15-6-7-17-16(10-15)13-27(23(17)31)19-8-9-20(28)26-22(19)30/h1-7,10,18-19H,8-9,11-13,24H2,(H,25,29)(H,26,28,30)/t18-,19?/m1/s1. The van der Waals surface area contributed by atoms with E-state index in [1.165, 1.54) is 4.90 Å². The molecule has 8 nitrogen and oxygen atoms in total. The molecule has 1 fully saturated rings. The van der Waals surface area contributed by atoms with Gasteiger partial charge in [-0.3, -0.25) is 24.5 Å². The average molecular weight is 420 g/mol. The van der Waals surface area contributed by atoms with Crippen LogP contribution in [-0.4, -0.2) is 40.6 Å². The molecule has 160 valence electrons. The summed E-state index contributed by atoms with van der Waals surface area (Å²) < 4.78 is 0. The van der Waals surface area contributed by atoms with Gasteiger partial charge in [0.05, 0.1) is 6.04 Å². The molecule has 4 amide bonds. The van der Waals surface area contributed by atoms with Crippen molar-refractivity contribution in [2.75, 3.05) is 0 Å². The van der Waals surface area contributed by atoms with Crippen molar-refractivity contribution >= 4 is 23.6 Å². The van der Waals surface area contributed by atoms with Crippen LogP contribution < -0.4 is 16.4 Å². The molecule has 0 bridgehead atoms. The first kappa shape index (κ1) is 20.7. The lowest BCUT2D eigenvalue weighted by Gasteiger charge is -2.29. The summed E-state index contributed by atoms with van der Waals surface area (Å²) in [6, 6.07) is 13.7. The summed E-state index contributed by atoms with van der Waals surface area (Å²) in [7, 11) is 0. The first-order chi connectivity index (χ1) is 14.9. The van der Waals surface area contributed by atoms with E-state index in [-0.39, 0.29) is 24.1 Å². The van der Waals surface area contributed by atoms with Gasteiger partial charge in [0, 0.05) is 25.1 Å². The number of hydrogen-bond acceptors (Lipinski definition) is 5. The molecular weight excluding hydrogens is 396 g/mol. The van der Waals surface area contributed by atoms with E-state index in [2.05, 4.69) is 10.6 Å². The van der Waals surface area contributed by atoms with Crippen molar-refractivity contribution in [3.8, 4) is 0 Å². The molecule has 1 saturated heterocycles. The third-order valence-electron chi connectivity index (χ3n) is 5.69. The Morgan fingerprint density at radius 1 is 1.13 bits per heavy atom. The second-order valence-corrected chi connectivity index (χ2v) is 7.91. The quantitative estimate of drug-likeness (QED) is 0.592. The number of carbonyl (C=O) groups excluding carboxylic acids is 4. The Kier molecular flexibility index (Phi) is 5.81. The average Bonchev–Trinajstić information content (AvgIpc) is 3.08. The van der Waals surface area contributed by atoms with Gasteiger partial charge in [-0.15, -0.1) is 0 Å². The van der Waals surface area contributed by atoms with E-state index in [0.29, 0.717) is 31.5 Å². The number of fused-ring (bicyclic) bond motifs is 1. The molecule has 2 atom stereocenters. The zero-order valence-electron chi connectivity index (χ0n) is 17.0. The van der Waals surface area contributed by atoms with E-state index in [0.717, 1.165) is 16.7 Å². The molecule has 0 radical (unpaired) electrons. The minimum atomic E-state index is -0.651. The van der Waals surface area contributed by atoms with E-state index >= 15 is 0 Å². The highest BCUT2D eigenvalue weighted by Crippen LogP contribution is 2.28. The van der Waals surface area contributed by atoms with Gasteiger partial charge in [-0.2, -0.15) is 0 Å². The molecule has 8 heteroatoms. The molecule has 4 rings (SSSR count). The van der Waals surface area contributed by atoms with Crippen LogP contribution in [0.4, 0.5) is 0 Å². The lowest BCUT2D eigenvalue weighted by molar-refractivity contribution is -0.137. The second-order valence-electron chi connectivity index (χ2n) is 7.91. The highest BCUT2D eigenvalue weighted by atomic mass is 16.2. The first-order valence-corrected chi connectivity index (χ1v) is 10.3. The van der Waals surface area contributed by atoms with Crippen molar-refractivity contribution in [2.24, 2.45) is 5.73 Å². The molecule has 2 aromatic carbocycles. The zero-order chi connectivity index (χ0) is 22.0. The molecule has 2 aromatic rings. The fourth-order valence-corrected chi connectivity index (χ4v) is 4.02. The van der Waals surface area contributed by atoms with Crippen LogP contribution >= 0.6 is 0 Å². The summed E-state index contributed by atoms with van der Waals surface area (Å²) in [6.45, 7) is 0.594. The third kappa shape index (κ3) is 4.49. The van der Waals surface area contributed by atoms with Gasteiger partial charge in [-0.05, 0) is 35.6 Å². The second kappa shape index (κ2) is 8.69. The summed E-state index contributed by atoms with van der Waals surface area (Å²) >= 11 is 0. The molecule has 2 heterocycles. The Balaban J connectivity index is 1.36. The number of nitrogens with zero attached hydrogens (tertiary/aromatic N) is 1. The number of carbonyl (C=O) groups is 4. The van der Waals surface area contributed by atoms with Crippen LogP contribution in [0.25, 0.3) is 0 Å². The Bertz CT molecular complexity index is 1040. The van der Waals surface area contributed by atoms with Crippen molar-refractivity contribution in [1.82, 2.24) is 15.5 Å². The first-order valence-electron chi connectivity index (χ1n) is 10.3. The molecule has 0 aromatic heterocycles. The zero-order valence-corrected chi connectivity index (χ0v) is 17.0. The van der Waals surface area contributed by atoms with Crippen LogP contribution in [0.3, 0.4) is 0 Å². The maximum atomic E-state index is 12.7. The Labute approximate surface area is 179 Å². The van der Waals surface area contributed by atoms with E-state index in [1.807, 2.05) is 36.4 Å². The molecule has 4 N–H and O–H groups in total. The van der Waals surface area contributed by atoms with Gasteiger partial charge in [-0.1, -0.05) is 42.5 Å². The maximum absolute atomic E-state index is 12.7. The van der Waals surface area contributed by atoms with Gasteiger partial charge in [0.25, 0.3) is 5.91 Å². The SMILES string of the molecule is N[C@H](Cc1ccccc1)C(=O)NCc1ccc2c(c1)CN(C1CCC(=O)NC1=O)C2=O. The van der Waals surface area contributed by atoms with Crippen LogP contribution in [0.1, 0.15) is 39.9 Å². The largest absolute Gasteiger partial charge is 0.351 e. The lowest BCUT2D eigenvalue weighted by atomic mass is 10.0. The van der Waals surface area contributed by atoms with E-state index in [9.17, 15) is 19.2 Å². The van der Waals surface area contributed by atoms with Gasteiger partial charge in [0.2, 0.25) is 17.7 Å². The number of amides is 4. The third-order valence-corrected chi connectivity index (χ3v) is 5.69. The molecule has 0 saturated carbocycles. The Morgan fingerprint density at radius 3 is 2.65 bits per heavy atom. The van der Waals surface area contributed by atoms with Crippen LogP contribution in [0, 0.1) is 0 Å². The highest BCUT2D eigenvalue weighted by molar-refractivity contribution is 6.05. The van der Waals surface area contributed by atoms with Gasteiger partial charge >= 0.3 is 0 Å². The molecule has 31 heavy (non-hydrogen) atoms. The van der Waals surface area contributed by atoms with Gasteiger partial charge in [-0.25, -0.2) is 0 Å². The van der Waals surface area contributed by atoms with Crippen molar-refractivity contribution in [1.29, 1.82) is 0 Å². The monoisotopic (exact) mass is 420 g/mol. The topological polar surface area (TPSA) is 122 Å². The highest BCUT2D eigenvalue weighted by Gasteiger charge is 2.39. The summed E-state index contributed by atoms with van der Waals surface area (Å²) in [5.74, 6) is -1.21. The number of benzene rings is 2. The van der Waals surface area contributed by atoms with Crippen molar-refractivity contribution in [3.05, 3.63) is 70.8 Å². The summed E-state index contributed by atoms with van der Waals surface area (Å²) in [4.78, 5) is 50.1. The van der Waals surface area contributed by atoms with E-state index < -0.39 is 18.0 Å². The number of imide groups is 1. The van der Waals surface area contributed by atoms with Crippen LogP contribution in [0.5, 0.6) is 0 Å².